The molecule has 0 unspecified atom stereocenters. The largest absolute Gasteiger partial charge is 0.506 e. The molecule has 0 bridgehead atoms. The number of aromatic carboxylic acids is 1. The van der Waals surface area contributed by atoms with Crippen molar-refractivity contribution in [3.8, 4) is 11.5 Å². The van der Waals surface area contributed by atoms with Crippen LogP contribution in [0.1, 0.15) is 20.7 Å². The topological polar surface area (TPSA) is 93.1 Å². The van der Waals surface area contributed by atoms with Crippen LogP contribution in [-0.2, 0) is 4.74 Å². The van der Waals surface area contributed by atoms with Crippen molar-refractivity contribution < 1.29 is 29.3 Å². The highest BCUT2D eigenvalue weighted by molar-refractivity contribution is 14.1. The van der Waals surface area contributed by atoms with Crippen LogP contribution < -0.4 is 4.74 Å². The van der Waals surface area contributed by atoms with Gasteiger partial charge in [0.15, 0.2) is 0 Å². The molecule has 0 heterocycles. The van der Waals surface area contributed by atoms with E-state index < -0.39 is 11.9 Å². The number of rotatable bonds is 3. The summed E-state index contributed by atoms with van der Waals surface area (Å²) in [6, 6.07) is 6.63. The Morgan fingerprint density at radius 3 is 1.92 bits per heavy atom. The van der Waals surface area contributed by atoms with Gasteiger partial charge in [-0.2, -0.15) is 0 Å². The predicted octanol–water partition coefficient (Wildman–Crippen LogP) is 5.31. The molecule has 0 aliphatic carbocycles. The van der Waals surface area contributed by atoms with Gasteiger partial charge in [0, 0.05) is 7.14 Å². The van der Waals surface area contributed by atoms with Gasteiger partial charge >= 0.3 is 11.9 Å². The maximum atomic E-state index is 11.4. The minimum absolute atomic E-state index is 0.0891. The number of carbonyl (C=O) groups is 2. The SMILES string of the molecule is COC(=O)c1cc(I)cc(Br)c1OC.O=C(O)c1cc(I)cc(Br)c1O. The summed E-state index contributed by atoms with van der Waals surface area (Å²) in [6.45, 7) is 0. The van der Waals surface area contributed by atoms with E-state index in [1.54, 1.807) is 12.1 Å². The van der Waals surface area contributed by atoms with Crippen LogP contribution in [0.5, 0.6) is 11.5 Å². The number of hydrogen-bond donors (Lipinski definition) is 2. The molecule has 0 fully saturated rings. The molecule has 2 N–H and O–H groups in total. The van der Waals surface area contributed by atoms with E-state index in [-0.39, 0.29) is 11.3 Å². The molecule has 0 spiro atoms. The van der Waals surface area contributed by atoms with Gasteiger partial charge in [-0.3, -0.25) is 0 Å². The molecule has 0 saturated carbocycles. The number of halogens is 4. The van der Waals surface area contributed by atoms with E-state index in [0.29, 0.717) is 15.8 Å². The normalized spacial score (nSPS) is 9.77. The summed E-state index contributed by atoms with van der Waals surface area (Å²) in [5, 5.41) is 17.9. The lowest BCUT2D eigenvalue weighted by molar-refractivity contribution is 0.0595. The lowest BCUT2D eigenvalue weighted by atomic mass is 10.2. The van der Waals surface area contributed by atoms with E-state index in [9.17, 15) is 14.7 Å². The number of ether oxygens (including phenoxy) is 2. The van der Waals surface area contributed by atoms with Gasteiger partial charge in [0.25, 0.3) is 0 Å². The highest BCUT2D eigenvalue weighted by atomic mass is 127. The molecule has 0 atom stereocenters. The summed E-state index contributed by atoms with van der Waals surface area (Å²) < 4.78 is 12.6. The molecule has 2 rings (SSSR count). The van der Waals surface area contributed by atoms with E-state index in [1.165, 1.54) is 20.3 Å². The average molecular weight is 714 g/mol. The number of benzene rings is 2. The second kappa shape index (κ2) is 10.7. The summed E-state index contributed by atoms with van der Waals surface area (Å²) in [4.78, 5) is 21.9. The molecule has 0 aromatic heterocycles. The van der Waals surface area contributed by atoms with Crippen LogP contribution in [0, 0.1) is 7.14 Å². The van der Waals surface area contributed by atoms with Crippen molar-refractivity contribution in [2.75, 3.05) is 14.2 Å². The zero-order valence-electron chi connectivity index (χ0n) is 13.3. The summed E-state index contributed by atoms with van der Waals surface area (Å²) in [7, 11) is 2.86. The zero-order chi connectivity index (χ0) is 20.0. The molecule has 0 radical (unpaired) electrons. The van der Waals surface area contributed by atoms with E-state index in [2.05, 4.69) is 59.2 Å². The number of methoxy groups -OCH3 is 2. The maximum absolute atomic E-state index is 11.4. The fourth-order valence-electron chi connectivity index (χ4n) is 1.76. The number of hydrogen-bond acceptors (Lipinski definition) is 5. The fraction of sp³-hybridized carbons (Fsp3) is 0.125. The monoisotopic (exact) mass is 712 g/mol. The Kier molecular flexibility index (Phi) is 9.61. The van der Waals surface area contributed by atoms with Crippen LogP contribution >= 0.6 is 77.0 Å². The zero-order valence-corrected chi connectivity index (χ0v) is 20.8. The van der Waals surface area contributed by atoms with Gasteiger partial charge in [0.2, 0.25) is 0 Å². The summed E-state index contributed by atoms with van der Waals surface area (Å²) in [5.41, 5.74) is 0.336. The van der Waals surface area contributed by atoms with E-state index in [4.69, 9.17) is 9.84 Å². The van der Waals surface area contributed by atoms with E-state index >= 15 is 0 Å². The number of esters is 1. The van der Waals surface area contributed by atoms with Gasteiger partial charge in [0.05, 0.1) is 23.2 Å². The standard InChI is InChI=1S/C9H8BrIO3.C7H4BrIO3/c1-13-8-6(9(12)14-2)3-5(11)4-7(8)10;8-5-2-3(9)1-4(6(5)10)7(11)12/h3-4H,1-2H3;1-2,10H,(H,11,12). The molecule has 26 heavy (non-hydrogen) atoms. The van der Waals surface area contributed by atoms with Crippen molar-refractivity contribution in [1.82, 2.24) is 0 Å². The molecule has 10 heteroatoms. The van der Waals surface area contributed by atoms with Crippen LogP contribution in [0.25, 0.3) is 0 Å². The first-order valence-electron chi connectivity index (χ1n) is 6.65. The smallest absolute Gasteiger partial charge is 0.341 e. The van der Waals surface area contributed by atoms with Gasteiger partial charge in [-0.15, -0.1) is 0 Å². The van der Waals surface area contributed by atoms with Crippen LogP contribution in [0.15, 0.2) is 33.2 Å². The van der Waals surface area contributed by atoms with Crippen molar-refractivity contribution in [3.63, 3.8) is 0 Å². The van der Waals surface area contributed by atoms with Crippen molar-refractivity contribution >= 4 is 89.0 Å². The summed E-state index contributed by atoms with van der Waals surface area (Å²) >= 11 is 10.5. The number of carboxylic acids is 1. The molecule has 140 valence electrons. The summed E-state index contributed by atoms with van der Waals surface area (Å²) in [6.07, 6.45) is 0. The van der Waals surface area contributed by atoms with E-state index in [0.717, 1.165) is 11.6 Å². The first-order chi connectivity index (χ1) is 12.1. The number of aromatic hydroxyl groups is 1. The Hall–Kier alpha value is -0.600. The minimum Gasteiger partial charge on any atom is -0.506 e. The number of carboxylic acid groups (broad SMARTS) is 1. The lowest BCUT2D eigenvalue weighted by Gasteiger charge is -2.09. The average Bonchev–Trinajstić information content (AvgIpc) is 2.57. The molecule has 2 aromatic rings. The van der Waals surface area contributed by atoms with Crippen molar-refractivity contribution in [2.45, 2.75) is 0 Å². The summed E-state index contributed by atoms with van der Waals surface area (Å²) in [5.74, 6) is -1.27. The quantitative estimate of drug-likeness (QED) is 0.331. The van der Waals surface area contributed by atoms with Crippen LogP contribution in [0.3, 0.4) is 0 Å². The Morgan fingerprint density at radius 1 is 0.962 bits per heavy atom. The van der Waals surface area contributed by atoms with Gasteiger partial charge in [-0.1, -0.05) is 0 Å². The molecule has 0 aliphatic heterocycles. The van der Waals surface area contributed by atoms with Gasteiger partial charge in [-0.05, 0) is 101 Å². The third-order valence-corrected chi connectivity index (χ3v) is 5.32. The first-order valence-corrected chi connectivity index (χ1v) is 10.4. The van der Waals surface area contributed by atoms with Crippen molar-refractivity contribution in [1.29, 1.82) is 0 Å². The Morgan fingerprint density at radius 2 is 1.46 bits per heavy atom. The predicted molar refractivity (Wildman–Crippen MR) is 120 cm³/mol. The lowest BCUT2D eigenvalue weighted by Crippen LogP contribution is -2.05. The molecule has 0 aliphatic rings. The van der Waals surface area contributed by atoms with Crippen LogP contribution in [-0.4, -0.2) is 36.4 Å². The second-order valence-electron chi connectivity index (χ2n) is 4.55. The molecular formula is C16H12Br2I2O6. The number of phenols is 1. The van der Waals surface area contributed by atoms with Gasteiger partial charge in [0.1, 0.15) is 22.6 Å². The Labute approximate surface area is 193 Å². The van der Waals surface area contributed by atoms with Crippen LogP contribution in [0.4, 0.5) is 0 Å². The minimum atomic E-state index is -1.13. The number of carbonyl (C=O) groups excluding carboxylic acids is 1. The molecule has 2 aromatic carbocycles. The third kappa shape index (κ3) is 6.23. The van der Waals surface area contributed by atoms with Crippen LogP contribution in [0.2, 0.25) is 0 Å². The molecule has 6 nitrogen and oxygen atoms in total. The van der Waals surface area contributed by atoms with Crippen molar-refractivity contribution in [2.24, 2.45) is 0 Å². The van der Waals surface area contributed by atoms with Gasteiger partial charge in [-0.25, -0.2) is 9.59 Å². The molecular weight excluding hydrogens is 702 g/mol. The molecule has 0 saturated heterocycles. The third-order valence-electron chi connectivity index (χ3n) is 2.88. The first kappa shape index (κ1) is 23.4. The maximum Gasteiger partial charge on any atom is 0.341 e. The Balaban J connectivity index is 0.000000263. The highest BCUT2D eigenvalue weighted by Gasteiger charge is 2.16. The highest BCUT2D eigenvalue weighted by Crippen LogP contribution is 2.31. The van der Waals surface area contributed by atoms with E-state index in [1.807, 2.05) is 28.7 Å². The second-order valence-corrected chi connectivity index (χ2v) is 8.75. The van der Waals surface area contributed by atoms with Gasteiger partial charge < -0.3 is 19.7 Å². The Bertz CT molecular complexity index is 842. The molecule has 0 amide bonds. The van der Waals surface area contributed by atoms with Crippen molar-refractivity contribution in [3.05, 3.63) is 51.5 Å². The fourth-order valence-corrected chi connectivity index (χ4v) is 4.94.